The van der Waals surface area contributed by atoms with Gasteiger partial charge in [0.25, 0.3) is 0 Å². The summed E-state index contributed by atoms with van der Waals surface area (Å²) in [4.78, 5) is 6.97. The second-order valence-corrected chi connectivity index (χ2v) is 6.52. The van der Waals surface area contributed by atoms with Crippen LogP contribution in [-0.4, -0.2) is 36.4 Å². The van der Waals surface area contributed by atoms with E-state index in [0.29, 0.717) is 17.9 Å². The Kier molecular flexibility index (Phi) is 6.07. The van der Waals surface area contributed by atoms with Crippen LogP contribution >= 0.6 is 0 Å². The first-order chi connectivity index (χ1) is 12.3. The smallest absolute Gasteiger partial charge is 0.166 e. The molecule has 132 valence electrons. The van der Waals surface area contributed by atoms with Crippen molar-refractivity contribution in [3.05, 3.63) is 59.2 Å². The van der Waals surface area contributed by atoms with Crippen LogP contribution in [0.2, 0.25) is 0 Å². The van der Waals surface area contributed by atoms with E-state index in [1.807, 2.05) is 12.1 Å². The van der Waals surface area contributed by atoms with Crippen molar-refractivity contribution < 1.29 is 9.84 Å². The van der Waals surface area contributed by atoms with Crippen molar-refractivity contribution in [1.29, 1.82) is 0 Å². The Hall–Kier alpha value is -2.33. The predicted octanol–water partition coefficient (Wildman–Crippen LogP) is 4.01. The molecule has 4 nitrogen and oxygen atoms in total. The Morgan fingerprint density at radius 3 is 2.48 bits per heavy atom. The largest absolute Gasteiger partial charge is 0.504 e. The molecule has 0 atom stereocenters. The fourth-order valence-corrected chi connectivity index (χ4v) is 3.18. The third kappa shape index (κ3) is 4.83. The zero-order valence-corrected chi connectivity index (χ0v) is 14.8. The maximum Gasteiger partial charge on any atom is 0.166 e. The van der Waals surface area contributed by atoms with E-state index in [1.54, 1.807) is 19.4 Å². The molecule has 1 fully saturated rings. The third-order valence-electron chi connectivity index (χ3n) is 4.63. The van der Waals surface area contributed by atoms with E-state index in [2.05, 4.69) is 34.2 Å². The van der Waals surface area contributed by atoms with Crippen LogP contribution in [0, 0.1) is 0 Å². The van der Waals surface area contributed by atoms with Gasteiger partial charge in [-0.2, -0.15) is 0 Å². The van der Waals surface area contributed by atoms with Crippen molar-refractivity contribution in [3.63, 3.8) is 0 Å². The maximum atomic E-state index is 10.1. The average Bonchev–Trinajstić information content (AvgIpc) is 2.65. The van der Waals surface area contributed by atoms with Gasteiger partial charge < -0.3 is 9.84 Å². The summed E-state index contributed by atoms with van der Waals surface area (Å²) in [6, 6.07) is 14.1. The van der Waals surface area contributed by atoms with Gasteiger partial charge in [0.05, 0.1) is 13.7 Å². The number of phenols is 1. The van der Waals surface area contributed by atoms with Crippen molar-refractivity contribution in [3.8, 4) is 11.5 Å². The number of para-hydroxylation sites is 1. The molecular formula is C21H26N2O2. The van der Waals surface area contributed by atoms with Crippen LogP contribution in [0.5, 0.6) is 11.5 Å². The highest BCUT2D eigenvalue weighted by atomic mass is 16.5. The lowest BCUT2D eigenvalue weighted by molar-refractivity contribution is 0.221. The second kappa shape index (κ2) is 8.67. The minimum absolute atomic E-state index is 0.130. The molecule has 0 bridgehead atoms. The molecular weight excluding hydrogens is 312 g/mol. The number of phenolic OH excluding ortho intramolecular Hbond substituents is 1. The fraction of sp³-hybridized carbons (Fsp3) is 0.381. The van der Waals surface area contributed by atoms with Gasteiger partial charge in [0.15, 0.2) is 11.5 Å². The molecule has 1 heterocycles. The molecule has 1 aliphatic rings. The Bertz CT molecular complexity index is 704. The van der Waals surface area contributed by atoms with Crippen molar-refractivity contribution in [2.75, 3.05) is 20.2 Å². The number of likely N-dealkylation sites (tertiary alicyclic amines) is 1. The highest BCUT2D eigenvalue weighted by molar-refractivity contribution is 5.84. The summed E-state index contributed by atoms with van der Waals surface area (Å²) in [7, 11) is 1.54. The molecule has 0 aliphatic carbocycles. The molecule has 0 unspecified atom stereocenters. The molecule has 25 heavy (non-hydrogen) atoms. The Balaban J connectivity index is 1.56. The van der Waals surface area contributed by atoms with Crippen molar-refractivity contribution >= 4 is 6.21 Å². The third-order valence-corrected chi connectivity index (χ3v) is 4.63. The van der Waals surface area contributed by atoms with Crippen LogP contribution < -0.4 is 4.74 Å². The second-order valence-electron chi connectivity index (χ2n) is 6.52. The Morgan fingerprint density at radius 2 is 1.76 bits per heavy atom. The van der Waals surface area contributed by atoms with Gasteiger partial charge >= 0.3 is 0 Å². The number of piperidine rings is 1. The van der Waals surface area contributed by atoms with Crippen LogP contribution in [0.4, 0.5) is 0 Å². The van der Waals surface area contributed by atoms with E-state index in [4.69, 9.17) is 4.74 Å². The quantitative estimate of drug-likeness (QED) is 0.810. The predicted molar refractivity (Wildman–Crippen MR) is 102 cm³/mol. The van der Waals surface area contributed by atoms with Gasteiger partial charge in [-0.05, 0) is 49.2 Å². The molecule has 0 radical (unpaired) electrons. The van der Waals surface area contributed by atoms with Crippen LogP contribution in [0.25, 0.3) is 0 Å². The van der Waals surface area contributed by atoms with E-state index >= 15 is 0 Å². The molecule has 0 spiro atoms. The van der Waals surface area contributed by atoms with E-state index in [-0.39, 0.29) is 5.75 Å². The van der Waals surface area contributed by atoms with Gasteiger partial charge in [-0.3, -0.25) is 9.89 Å². The van der Waals surface area contributed by atoms with Crippen LogP contribution in [0.1, 0.15) is 36.0 Å². The van der Waals surface area contributed by atoms with Gasteiger partial charge in [-0.15, -0.1) is 0 Å². The van der Waals surface area contributed by atoms with Gasteiger partial charge in [0.2, 0.25) is 0 Å². The number of methoxy groups -OCH3 is 1. The van der Waals surface area contributed by atoms with E-state index in [0.717, 1.165) is 6.54 Å². The van der Waals surface area contributed by atoms with Crippen LogP contribution in [-0.2, 0) is 13.1 Å². The zero-order valence-electron chi connectivity index (χ0n) is 14.8. The topological polar surface area (TPSA) is 45.1 Å². The standard InChI is InChI=1S/C21H26N2O2/c1-25-20-7-5-6-19(21(20)24)15-22-14-17-8-10-18(11-9-17)16-23-12-3-2-4-13-23/h5-11,15,24H,2-4,12-14,16H2,1H3. The van der Waals surface area contributed by atoms with Crippen molar-refractivity contribution in [2.45, 2.75) is 32.4 Å². The van der Waals surface area contributed by atoms with E-state index in [1.165, 1.54) is 43.5 Å². The lowest BCUT2D eigenvalue weighted by Crippen LogP contribution is -2.29. The highest BCUT2D eigenvalue weighted by Crippen LogP contribution is 2.28. The van der Waals surface area contributed by atoms with E-state index in [9.17, 15) is 5.11 Å². The number of benzene rings is 2. The van der Waals surface area contributed by atoms with Gasteiger partial charge in [-0.1, -0.05) is 36.8 Å². The lowest BCUT2D eigenvalue weighted by atomic mass is 10.1. The van der Waals surface area contributed by atoms with Crippen LogP contribution in [0.15, 0.2) is 47.5 Å². The number of hydrogen-bond acceptors (Lipinski definition) is 4. The molecule has 1 saturated heterocycles. The average molecular weight is 338 g/mol. The molecule has 0 saturated carbocycles. The monoisotopic (exact) mass is 338 g/mol. The first kappa shape index (κ1) is 17.5. The molecule has 4 heteroatoms. The first-order valence-corrected chi connectivity index (χ1v) is 8.92. The molecule has 3 rings (SSSR count). The number of ether oxygens (including phenoxy) is 1. The molecule has 0 amide bonds. The summed E-state index contributed by atoms with van der Waals surface area (Å²) in [6.07, 6.45) is 5.71. The normalized spacial score (nSPS) is 15.6. The molecule has 2 aromatic carbocycles. The maximum absolute atomic E-state index is 10.1. The fourth-order valence-electron chi connectivity index (χ4n) is 3.18. The number of hydrogen-bond donors (Lipinski definition) is 1. The summed E-state index contributed by atoms with van der Waals surface area (Å²) < 4.78 is 5.11. The summed E-state index contributed by atoms with van der Waals surface area (Å²) in [5, 5.41) is 10.1. The summed E-state index contributed by atoms with van der Waals surface area (Å²) in [5.41, 5.74) is 3.20. The summed E-state index contributed by atoms with van der Waals surface area (Å²) >= 11 is 0. The zero-order chi connectivity index (χ0) is 17.5. The Morgan fingerprint density at radius 1 is 1.04 bits per heavy atom. The number of rotatable bonds is 6. The lowest BCUT2D eigenvalue weighted by Gasteiger charge is -2.26. The molecule has 2 aromatic rings. The van der Waals surface area contributed by atoms with Crippen molar-refractivity contribution in [1.82, 2.24) is 4.90 Å². The number of aliphatic imine (C=N–C) groups is 1. The van der Waals surface area contributed by atoms with Gasteiger partial charge in [0.1, 0.15) is 0 Å². The molecule has 1 aliphatic heterocycles. The minimum Gasteiger partial charge on any atom is -0.504 e. The summed E-state index contributed by atoms with van der Waals surface area (Å²) in [6.45, 7) is 4.08. The van der Waals surface area contributed by atoms with Crippen LogP contribution in [0.3, 0.4) is 0 Å². The molecule has 1 N–H and O–H groups in total. The number of aromatic hydroxyl groups is 1. The highest BCUT2D eigenvalue weighted by Gasteiger charge is 2.10. The summed E-state index contributed by atoms with van der Waals surface area (Å²) in [5.74, 6) is 0.594. The van der Waals surface area contributed by atoms with Gasteiger partial charge in [-0.25, -0.2) is 0 Å². The first-order valence-electron chi connectivity index (χ1n) is 8.92. The molecule has 0 aromatic heterocycles. The minimum atomic E-state index is 0.130. The Labute approximate surface area is 149 Å². The SMILES string of the molecule is COc1cccc(C=NCc2ccc(CN3CCCCC3)cc2)c1O. The van der Waals surface area contributed by atoms with Crippen molar-refractivity contribution in [2.24, 2.45) is 4.99 Å². The van der Waals surface area contributed by atoms with Gasteiger partial charge in [0, 0.05) is 18.3 Å². The van der Waals surface area contributed by atoms with E-state index < -0.39 is 0 Å². The number of nitrogens with zero attached hydrogens (tertiary/aromatic N) is 2.